The molecule has 0 aliphatic heterocycles. The average molecular weight is 273 g/mol. The number of hydrogen-bond acceptors (Lipinski definition) is 4. The first-order valence-corrected chi connectivity index (χ1v) is 5.52. The molecule has 0 saturated carbocycles. The standard InChI is InChI=1S/C10H10ClFN4O2/c1-3-15-10(17)16(14-13-15)8-5-9(18-2)7(12)4-6(8)11/h4-5H,3H2,1-2H3. The van der Waals surface area contributed by atoms with E-state index < -0.39 is 11.5 Å². The maximum atomic E-state index is 13.4. The van der Waals surface area contributed by atoms with E-state index in [1.165, 1.54) is 13.2 Å². The quantitative estimate of drug-likeness (QED) is 0.844. The summed E-state index contributed by atoms with van der Waals surface area (Å²) in [6, 6.07) is 2.36. The number of rotatable bonds is 3. The van der Waals surface area contributed by atoms with Crippen LogP contribution >= 0.6 is 11.6 Å². The summed E-state index contributed by atoms with van der Waals surface area (Å²) >= 11 is 5.89. The lowest BCUT2D eigenvalue weighted by Crippen LogP contribution is -2.23. The molecule has 0 aliphatic rings. The second-order valence-electron chi connectivity index (χ2n) is 3.43. The van der Waals surface area contributed by atoms with E-state index in [1.807, 2.05) is 0 Å². The van der Waals surface area contributed by atoms with Crippen LogP contribution in [0.5, 0.6) is 5.75 Å². The van der Waals surface area contributed by atoms with Crippen LogP contribution in [0.1, 0.15) is 6.92 Å². The number of tetrazole rings is 1. The van der Waals surface area contributed by atoms with Crippen molar-refractivity contribution in [3.63, 3.8) is 0 Å². The third-order valence-electron chi connectivity index (χ3n) is 2.39. The van der Waals surface area contributed by atoms with Crippen molar-refractivity contribution in [3.8, 4) is 11.4 Å². The highest BCUT2D eigenvalue weighted by Gasteiger charge is 2.15. The third kappa shape index (κ3) is 1.97. The highest BCUT2D eigenvalue weighted by atomic mass is 35.5. The highest BCUT2D eigenvalue weighted by Crippen LogP contribution is 2.27. The molecule has 0 unspecified atom stereocenters. The number of benzene rings is 1. The normalized spacial score (nSPS) is 10.7. The van der Waals surface area contributed by atoms with Gasteiger partial charge in [0.25, 0.3) is 0 Å². The van der Waals surface area contributed by atoms with Gasteiger partial charge in [-0.25, -0.2) is 9.18 Å². The van der Waals surface area contributed by atoms with E-state index in [-0.39, 0.29) is 16.5 Å². The molecule has 2 aromatic rings. The molecule has 18 heavy (non-hydrogen) atoms. The van der Waals surface area contributed by atoms with Gasteiger partial charge in [-0.15, -0.1) is 0 Å². The van der Waals surface area contributed by atoms with Crippen LogP contribution in [-0.4, -0.2) is 26.9 Å². The van der Waals surface area contributed by atoms with Crippen LogP contribution in [-0.2, 0) is 6.54 Å². The Balaban J connectivity index is 2.63. The summed E-state index contributed by atoms with van der Waals surface area (Å²) in [6.07, 6.45) is 0. The monoisotopic (exact) mass is 272 g/mol. The molecule has 6 nitrogen and oxygen atoms in total. The van der Waals surface area contributed by atoms with E-state index in [1.54, 1.807) is 6.92 Å². The molecule has 2 rings (SSSR count). The molecule has 0 radical (unpaired) electrons. The molecule has 0 N–H and O–H groups in total. The van der Waals surface area contributed by atoms with Crippen LogP contribution < -0.4 is 10.4 Å². The zero-order valence-corrected chi connectivity index (χ0v) is 10.5. The molecule has 0 fully saturated rings. The molecule has 0 spiro atoms. The van der Waals surface area contributed by atoms with Gasteiger partial charge in [0, 0.05) is 12.6 Å². The van der Waals surface area contributed by atoms with Gasteiger partial charge in [-0.3, -0.25) is 0 Å². The van der Waals surface area contributed by atoms with Crippen molar-refractivity contribution in [1.82, 2.24) is 19.8 Å². The summed E-state index contributed by atoms with van der Waals surface area (Å²) in [5, 5.41) is 7.39. The largest absolute Gasteiger partial charge is 0.494 e. The van der Waals surface area contributed by atoms with E-state index in [0.29, 0.717) is 6.54 Å². The topological polar surface area (TPSA) is 61.9 Å². The van der Waals surface area contributed by atoms with Crippen molar-refractivity contribution in [2.24, 2.45) is 0 Å². The lowest BCUT2D eigenvalue weighted by molar-refractivity contribution is 0.386. The summed E-state index contributed by atoms with van der Waals surface area (Å²) in [6.45, 7) is 2.14. The molecular weight excluding hydrogens is 263 g/mol. The van der Waals surface area contributed by atoms with Gasteiger partial charge in [0.05, 0.1) is 17.8 Å². The van der Waals surface area contributed by atoms with Crippen LogP contribution in [0.4, 0.5) is 4.39 Å². The number of nitrogens with zero attached hydrogens (tertiary/aromatic N) is 4. The van der Waals surface area contributed by atoms with Crippen molar-refractivity contribution < 1.29 is 9.13 Å². The number of halogens is 2. The predicted molar refractivity (Wildman–Crippen MR) is 62.8 cm³/mol. The fourth-order valence-corrected chi connectivity index (χ4v) is 1.69. The minimum atomic E-state index is -0.609. The van der Waals surface area contributed by atoms with E-state index in [2.05, 4.69) is 10.4 Å². The van der Waals surface area contributed by atoms with Crippen LogP contribution in [0.3, 0.4) is 0 Å². The molecule has 1 aromatic heterocycles. The van der Waals surface area contributed by atoms with Gasteiger partial charge in [-0.05, 0) is 23.4 Å². The molecule has 1 aromatic carbocycles. The Bertz CT molecular complexity index is 637. The van der Waals surface area contributed by atoms with Crippen molar-refractivity contribution >= 4 is 11.6 Å². The number of ether oxygens (including phenoxy) is 1. The predicted octanol–water partition coefficient (Wildman–Crippen LogP) is 1.25. The summed E-state index contributed by atoms with van der Waals surface area (Å²) in [5.41, 5.74) is -0.229. The maximum absolute atomic E-state index is 13.4. The molecule has 0 saturated heterocycles. The van der Waals surface area contributed by atoms with Crippen molar-refractivity contribution in [3.05, 3.63) is 33.5 Å². The van der Waals surface area contributed by atoms with Crippen molar-refractivity contribution in [2.45, 2.75) is 13.5 Å². The molecule has 8 heteroatoms. The minimum absolute atomic E-state index is 0.0210. The lowest BCUT2D eigenvalue weighted by atomic mass is 10.3. The number of aryl methyl sites for hydroxylation is 1. The Hall–Kier alpha value is -1.89. The SMILES string of the molecule is CCn1nnn(-c2cc(OC)c(F)cc2Cl)c1=O. The second-order valence-corrected chi connectivity index (χ2v) is 3.83. The number of aromatic nitrogens is 4. The molecule has 0 bridgehead atoms. The smallest absolute Gasteiger partial charge is 0.368 e. The van der Waals surface area contributed by atoms with Gasteiger partial charge in [-0.1, -0.05) is 11.6 Å². The third-order valence-corrected chi connectivity index (χ3v) is 2.69. The number of hydrogen-bond donors (Lipinski definition) is 0. The maximum Gasteiger partial charge on any atom is 0.368 e. The molecule has 96 valence electrons. The summed E-state index contributed by atoms with van der Waals surface area (Å²) in [5.74, 6) is -0.630. The Kier molecular flexibility index (Phi) is 3.33. The molecule has 0 amide bonds. The van der Waals surface area contributed by atoms with E-state index in [4.69, 9.17) is 16.3 Å². The van der Waals surface area contributed by atoms with Crippen LogP contribution in [0.15, 0.2) is 16.9 Å². The average Bonchev–Trinajstić information content (AvgIpc) is 2.71. The minimum Gasteiger partial charge on any atom is -0.494 e. The molecule has 1 heterocycles. The Morgan fingerprint density at radius 2 is 2.17 bits per heavy atom. The van der Waals surface area contributed by atoms with Crippen LogP contribution in [0, 0.1) is 5.82 Å². The summed E-state index contributed by atoms with van der Waals surface area (Å²) in [7, 11) is 1.32. The summed E-state index contributed by atoms with van der Waals surface area (Å²) in [4.78, 5) is 11.8. The van der Waals surface area contributed by atoms with E-state index in [9.17, 15) is 9.18 Å². The first kappa shape index (κ1) is 12.6. The Labute approximate surface area is 107 Å². The van der Waals surface area contributed by atoms with Gasteiger partial charge >= 0.3 is 5.69 Å². The van der Waals surface area contributed by atoms with Crippen molar-refractivity contribution in [1.29, 1.82) is 0 Å². The van der Waals surface area contributed by atoms with Gasteiger partial charge in [0.2, 0.25) is 0 Å². The highest BCUT2D eigenvalue weighted by molar-refractivity contribution is 6.32. The van der Waals surface area contributed by atoms with Gasteiger partial charge < -0.3 is 4.74 Å². The second kappa shape index (κ2) is 4.77. The van der Waals surface area contributed by atoms with E-state index >= 15 is 0 Å². The first-order valence-electron chi connectivity index (χ1n) is 5.14. The molecule has 0 atom stereocenters. The van der Waals surface area contributed by atoms with E-state index in [0.717, 1.165) is 15.4 Å². The Morgan fingerprint density at radius 3 is 2.72 bits per heavy atom. The van der Waals surface area contributed by atoms with Crippen LogP contribution in [0.25, 0.3) is 5.69 Å². The molecular formula is C10H10ClFN4O2. The van der Waals surface area contributed by atoms with Gasteiger partial charge in [0.15, 0.2) is 11.6 Å². The molecule has 0 aliphatic carbocycles. The first-order chi connectivity index (χ1) is 8.58. The van der Waals surface area contributed by atoms with Crippen LogP contribution in [0.2, 0.25) is 5.02 Å². The summed E-state index contributed by atoms with van der Waals surface area (Å²) < 4.78 is 20.4. The number of methoxy groups -OCH3 is 1. The zero-order chi connectivity index (χ0) is 13.3. The van der Waals surface area contributed by atoms with Gasteiger partial charge in [0.1, 0.15) is 0 Å². The fourth-order valence-electron chi connectivity index (χ4n) is 1.46. The van der Waals surface area contributed by atoms with Crippen molar-refractivity contribution in [2.75, 3.05) is 7.11 Å². The fraction of sp³-hybridized carbons (Fsp3) is 0.300. The lowest BCUT2D eigenvalue weighted by Gasteiger charge is -2.06. The Morgan fingerprint density at radius 1 is 1.44 bits per heavy atom. The zero-order valence-electron chi connectivity index (χ0n) is 9.72. The van der Waals surface area contributed by atoms with Gasteiger partial charge in [-0.2, -0.15) is 9.36 Å².